The van der Waals surface area contributed by atoms with Gasteiger partial charge >= 0.3 is 0 Å². The Labute approximate surface area is 404 Å². The summed E-state index contributed by atoms with van der Waals surface area (Å²) in [7, 11) is 0. The van der Waals surface area contributed by atoms with Gasteiger partial charge in [-0.25, -0.2) is 0 Å². The number of anilines is 1. The molecule has 3 unspecified atom stereocenters. The first-order valence-electron chi connectivity index (χ1n) is 26.5. The fraction of sp³-hybridized carbons (Fsp3) is 0.683. The van der Waals surface area contributed by atoms with Crippen molar-refractivity contribution in [3.63, 3.8) is 0 Å². The monoisotopic (exact) mass is 889 g/mol. The Morgan fingerprint density at radius 1 is 0.538 bits per heavy atom. The summed E-state index contributed by atoms with van der Waals surface area (Å²) in [4.78, 5) is 5.82. The van der Waals surface area contributed by atoms with Crippen LogP contribution in [-0.4, -0.2) is 18.1 Å². The van der Waals surface area contributed by atoms with Gasteiger partial charge in [0.25, 0.3) is 0 Å². The van der Waals surface area contributed by atoms with Crippen LogP contribution in [0.1, 0.15) is 206 Å². The Morgan fingerprint density at radius 3 is 1.52 bits per heavy atom. The van der Waals surface area contributed by atoms with Gasteiger partial charge in [-0.2, -0.15) is 0 Å². The maximum atomic E-state index is 3.31. The highest BCUT2D eigenvalue weighted by Crippen LogP contribution is 2.39. The standard InChI is InChI=1S/C13H17N.C13H19N.C13H26.C13H20.C11H22/c1-13(2,3)8-10-9-14-12-7-5-4-6-11(10)12;1-13(2,3)10-14-9-8-11-6-4-5-7-12(11)14;2*1-11(13(2,3)4)10-12-8-6-5-7-9-12;1-9(11(2,3)4)8-10-6-5-7-10/h4-7,9,14H,8H2,1-3H3;4-7H,8-10H2,1-3H3;11-12H,5-10H2,1-4H3;5-9,11H,10H2,1-4H3;9-10H,5-8H2,1-4H3. The van der Waals surface area contributed by atoms with E-state index in [0.29, 0.717) is 27.1 Å². The average molecular weight is 890 g/mol. The number of aromatic amines is 1. The Hall–Kier alpha value is -3.00. The van der Waals surface area contributed by atoms with Crippen molar-refractivity contribution < 1.29 is 0 Å². The number of rotatable bonds is 8. The van der Waals surface area contributed by atoms with Crippen LogP contribution >= 0.6 is 0 Å². The lowest BCUT2D eigenvalue weighted by Gasteiger charge is -2.34. The van der Waals surface area contributed by atoms with E-state index in [0.717, 1.165) is 42.6 Å². The first-order chi connectivity index (χ1) is 30.1. The molecule has 3 atom stereocenters. The third-order valence-corrected chi connectivity index (χ3v) is 15.2. The molecule has 0 spiro atoms. The molecule has 0 saturated heterocycles. The number of fused-ring (bicyclic) bond motifs is 2. The van der Waals surface area contributed by atoms with Crippen molar-refractivity contribution in [1.82, 2.24) is 4.98 Å². The number of aromatic nitrogens is 1. The molecule has 7 rings (SSSR count). The first-order valence-corrected chi connectivity index (χ1v) is 26.5. The van der Waals surface area contributed by atoms with E-state index in [9.17, 15) is 0 Å². The Morgan fingerprint density at radius 2 is 1.03 bits per heavy atom. The largest absolute Gasteiger partial charge is 0.370 e. The van der Waals surface area contributed by atoms with Crippen LogP contribution in [0.5, 0.6) is 0 Å². The smallest absolute Gasteiger partial charge is 0.0456 e. The zero-order valence-electron chi connectivity index (χ0n) is 46.0. The van der Waals surface area contributed by atoms with Gasteiger partial charge in [0.15, 0.2) is 0 Å². The van der Waals surface area contributed by atoms with Crippen LogP contribution in [-0.2, 0) is 19.3 Å². The van der Waals surface area contributed by atoms with Gasteiger partial charge in [-0.1, -0.05) is 243 Å². The third kappa shape index (κ3) is 21.7. The minimum Gasteiger partial charge on any atom is -0.370 e. The molecule has 2 fully saturated rings. The van der Waals surface area contributed by atoms with Crippen LogP contribution in [0.25, 0.3) is 10.9 Å². The third-order valence-electron chi connectivity index (χ3n) is 15.2. The molecule has 1 N–H and O–H groups in total. The molecule has 65 heavy (non-hydrogen) atoms. The Kier molecular flexibility index (Phi) is 22.0. The first kappa shape index (κ1) is 56.3. The summed E-state index contributed by atoms with van der Waals surface area (Å²) < 4.78 is 0. The van der Waals surface area contributed by atoms with E-state index in [1.165, 1.54) is 117 Å². The van der Waals surface area contributed by atoms with Crippen molar-refractivity contribution in [3.05, 3.63) is 102 Å². The van der Waals surface area contributed by atoms with Crippen LogP contribution in [0.4, 0.5) is 5.69 Å². The molecule has 0 radical (unpaired) electrons. The summed E-state index contributed by atoms with van der Waals surface area (Å²) in [6.07, 6.45) is 20.5. The van der Waals surface area contributed by atoms with Crippen LogP contribution < -0.4 is 4.90 Å². The second-order valence-corrected chi connectivity index (χ2v) is 26.7. The predicted octanol–water partition coefficient (Wildman–Crippen LogP) is 19.3. The molecule has 2 saturated carbocycles. The van der Waals surface area contributed by atoms with Crippen LogP contribution in [0.2, 0.25) is 0 Å². The predicted molar refractivity (Wildman–Crippen MR) is 292 cm³/mol. The van der Waals surface area contributed by atoms with E-state index >= 15 is 0 Å². The summed E-state index contributed by atoms with van der Waals surface area (Å²) in [5.74, 6) is 4.63. The fourth-order valence-corrected chi connectivity index (χ4v) is 9.12. The van der Waals surface area contributed by atoms with Crippen LogP contribution in [0, 0.1) is 56.7 Å². The molecule has 3 aliphatic rings. The molecule has 2 heteroatoms. The van der Waals surface area contributed by atoms with E-state index < -0.39 is 0 Å². The highest BCUT2D eigenvalue weighted by atomic mass is 15.2. The zero-order valence-corrected chi connectivity index (χ0v) is 46.0. The Bertz CT molecular complexity index is 1870. The molecule has 2 heterocycles. The van der Waals surface area contributed by atoms with E-state index in [1.54, 1.807) is 0 Å². The maximum absolute atomic E-state index is 3.31. The van der Waals surface area contributed by atoms with Gasteiger partial charge in [-0.05, 0) is 118 Å². The lowest BCUT2D eigenvalue weighted by Crippen LogP contribution is -2.31. The summed E-state index contributed by atoms with van der Waals surface area (Å²) >= 11 is 0. The second kappa shape index (κ2) is 25.4. The SMILES string of the molecule is CC(C)(C)CN1CCc2ccccc21.CC(C)(C)Cc1c[nH]c2ccccc12.CC(CC1CCC1)C(C)(C)C.CC(CC1CCCCC1)C(C)(C)C.CC(Cc1ccccc1)C(C)(C)C. The minimum atomic E-state index is 0.352. The summed E-state index contributed by atoms with van der Waals surface area (Å²) in [5.41, 5.74) is 9.26. The topological polar surface area (TPSA) is 19.0 Å². The molecule has 2 aliphatic carbocycles. The number of nitrogens with one attached hydrogen (secondary N) is 1. The number of benzene rings is 3. The summed E-state index contributed by atoms with van der Waals surface area (Å²) in [6, 6.07) is 28.0. The molecule has 1 aliphatic heterocycles. The lowest BCUT2D eigenvalue weighted by molar-refractivity contribution is 0.171. The van der Waals surface area contributed by atoms with Gasteiger partial charge in [-0.3, -0.25) is 0 Å². The number of para-hydroxylation sites is 2. The average Bonchev–Trinajstić information content (AvgIpc) is 3.79. The van der Waals surface area contributed by atoms with Crippen molar-refractivity contribution in [3.8, 4) is 0 Å². The lowest BCUT2D eigenvalue weighted by atomic mass is 9.72. The fourth-order valence-electron chi connectivity index (χ4n) is 9.12. The quantitative estimate of drug-likeness (QED) is 0.187. The van der Waals surface area contributed by atoms with Gasteiger partial charge in [0.1, 0.15) is 0 Å². The highest BCUT2D eigenvalue weighted by Gasteiger charge is 2.27. The number of hydrogen-bond donors (Lipinski definition) is 1. The molecular formula is C63H104N2. The van der Waals surface area contributed by atoms with Crippen molar-refractivity contribution >= 4 is 16.6 Å². The van der Waals surface area contributed by atoms with E-state index in [4.69, 9.17) is 0 Å². The van der Waals surface area contributed by atoms with Gasteiger partial charge in [0.2, 0.25) is 0 Å². The number of H-pyrrole nitrogens is 1. The molecular weight excluding hydrogens is 785 g/mol. The van der Waals surface area contributed by atoms with Crippen molar-refractivity contribution in [1.29, 1.82) is 0 Å². The van der Waals surface area contributed by atoms with E-state index in [1.807, 2.05) is 0 Å². The number of hydrogen-bond acceptors (Lipinski definition) is 1. The molecule has 1 aromatic heterocycles. The summed E-state index contributed by atoms with van der Waals surface area (Å²) in [5, 5.41) is 1.36. The second-order valence-electron chi connectivity index (χ2n) is 26.7. The van der Waals surface area contributed by atoms with Crippen LogP contribution in [0.3, 0.4) is 0 Å². The maximum Gasteiger partial charge on any atom is 0.0456 e. The van der Waals surface area contributed by atoms with Gasteiger partial charge in [0, 0.05) is 35.9 Å². The summed E-state index contributed by atoms with van der Waals surface area (Å²) in [6.45, 7) is 44.3. The minimum absolute atomic E-state index is 0.352. The molecule has 0 amide bonds. The van der Waals surface area contributed by atoms with E-state index in [2.05, 4.69) is 220 Å². The molecule has 0 bridgehead atoms. The highest BCUT2D eigenvalue weighted by molar-refractivity contribution is 5.83. The normalized spacial score (nSPS) is 17.4. The molecule has 366 valence electrons. The van der Waals surface area contributed by atoms with Crippen molar-refractivity contribution in [2.24, 2.45) is 56.7 Å². The molecule has 2 nitrogen and oxygen atoms in total. The zero-order chi connectivity index (χ0) is 48.6. The number of nitrogens with zero attached hydrogens (tertiary/aromatic N) is 1. The van der Waals surface area contributed by atoms with Crippen molar-refractivity contribution in [2.45, 2.75) is 208 Å². The van der Waals surface area contributed by atoms with E-state index in [-0.39, 0.29) is 0 Å². The van der Waals surface area contributed by atoms with Gasteiger partial charge in [0.05, 0.1) is 0 Å². The van der Waals surface area contributed by atoms with Gasteiger partial charge in [-0.15, -0.1) is 0 Å². The van der Waals surface area contributed by atoms with Gasteiger partial charge < -0.3 is 9.88 Å². The Balaban J connectivity index is 0.000000216. The van der Waals surface area contributed by atoms with Crippen LogP contribution in [0.15, 0.2) is 85.1 Å². The van der Waals surface area contributed by atoms with Crippen molar-refractivity contribution in [2.75, 3.05) is 18.0 Å². The molecule has 3 aromatic carbocycles. The molecule has 4 aromatic rings.